The molecule has 2 aromatic heterocycles. The molecule has 0 radical (unpaired) electrons. The fourth-order valence-electron chi connectivity index (χ4n) is 5.68. The number of ether oxygens (including phenoxy) is 1. The Labute approximate surface area is 237 Å². The van der Waals surface area contributed by atoms with E-state index in [0.29, 0.717) is 65.2 Å². The predicted molar refractivity (Wildman–Crippen MR) is 150 cm³/mol. The maximum Gasteiger partial charge on any atom is 0.170 e. The molecule has 39 heavy (non-hydrogen) atoms. The molecule has 2 fully saturated rings. The lowest BCUT2D eigenvalue weighted by atomic mass is 9.78. The minimum Gasteiger partial charge on any atom is -0.385 e. The molecular formula is C30H30Cl2N4O3. The molecule has 0 bridgehead atoms. The van der Waals surface area contributed by atoms with E-state index in [0.717, 1.165) is 40.6 Å². The Morgan fingerprint density at radius 2 is 1.87 bits per heavy atom. The lowest BCUT2D eigenvalue weighted by Crippen LogP contribution is -2.34. The number of aliphatic hydroxyl groups is 1. The van der Waals surface area contributed by atoms with Crippen LogP contribution in [0.2, 0.25) is 10.0 Å². The second-order valence-electron chi connectivity index (χ2n) is 11.0. The maximum atomic E-state index is 11.6. The van der Waals surface area contributed by atoms with Crippen molar-refractivity contribution in [3.05, 3.63) is 69.0 Å². The molecule has 0 saturated heterocycles. The maximum absolute atomic E-state index is 11.6. The number of nitriles is 1. The van der Waals surface area contributed by atoms with Crippen molar-refractivity contribution in [2.75, 3.05) is 0 Å². The van der Waals surface area contributed by atoms with Gasteiger partial charge >= 0.3 is 0 Å². The molecule has 2 saturated carbocycles. The van der Waals surface area contributed by atoms with Gasteiger partial charge in [0.05, 0.1) is 33.9 Å². The first kappa shape index (κ1) is 26.3. The van der Waals surface area contributed by atoms with Gasteiger partial charge in [-0.2, -0.15) is 10.4 Å². The molecule has 202 valence electrons. The molecule has 7 nitrogen and oxygen atoms in total. The number of rotatable bonds is 7. The normalized spacial score (nSPS) is 21.5. The Hall–Kier alpha value is -2.89. The van der Waals surface area contributed by atoms with Crippen LogP contribution in [0.25, 0.3) is 22.2 Å². The van der Waals surface area contributed by atoms with Crippen LogP contribution in [0, 0.1) is 11.3 Å². The smallest absolute Gasteiger partial charge is 0.170 e. The highest BCUT2D eigenvalue weighted by atomic mass is 35.5. The molecule has 4 aromatic rings. The molecule has 2 aromatic carbocycles. The molecule has 1 N–H and O–H groups in total. The zero-order valence-electron chi connectivity index (χ0n) is 22.0. The second kappa shape index (κ2) is 10.3. The van der Waals surface area contributed by atoms with Gasteiger partial charge in [0.15, 0.2) is 5.69 Å². The van der Waals surface area contributed by atoms with E-state index in [2.05, 4.69) is 16.3 Å². The van der Waals surface area contributed by atoms with Gasteiger partial charge in [0, 0.05) is 28.5 Å². The van der Waals surface area contributed by atoms with Gasteiger partial charge in [0.2, 0.25) is 0 Å². The van der Waals surface area contributed by atoms with Gasteiger partial charge in [-0.3, -0.25) is 4.68 Å². The van der Waals surface area contributed by atoms with Crippen molar-refractivity contribution in [1.29, 1.82) is 5.26 Å². The Morgan fingerprint density at radius 3 is 2.51 bits per heavy atom. The third-order valence-electron chi connectivity index (χ3n) is 8.03. The van der Waals surface area contributed by atoms with E-state index in [1.54, 1.807) is 12.1 Å². The van der Waals surface area contributed by atoms with Gasteiger partial charge in [0.25, 0.3) is 0 Å². The van der Waals surface area contributed by atoms with Crippen LogP contribution < -0.4 is 0 Å². The Balaban J connectivity index is 1.19. The van der Waals surface area contributed by atoms with E-state index in [-0.39, 0.29) is 12.1 Å². The number of halogens is 2. The zero-order valence-corrected chi connectivity index (χ0v) is 23.5. The van der Waals surface area contributed by atoms with E-state index in [4.69, 9.17) is 32.5 Å². The van der Waals surface area contributed by atoms with Gasteiger partial charge in [-0.15, -0.1) is 0 Å². The van der Waals surface area contributed by atoms with E-state index < -0.39 is 5.60 Å². The van der Waals surface area contributed by atoms with E-state index in [9.17, 15) is 10.4 Å². The topological polar surface area (TPSA) is 97.1 Å². The van der Waals surface area contributed by atoms with Crippen molar-refractivity contribution in [2.24, 2.45) is 0 Å². The lowest BCUT2D eigenvalue weighted by Gasteiger charge is -2.36. The Kier molecular flexibility index (Phi) is 6.93. The van der Waals surface area contributed by atoms with Crippen molar-refractivity contribution in [3.8, 4) is 17.3 Å². The SMILES string of the molecule is CC(C)n1nc(C#N)c2ccc(C3(O)CCC(OCc4c(-c5c(Cl)cccc5Cl)noc4C4CC4)CC3)cc21. The van der Waals surface area contributed by atoms with Crippen LogP contribution in [0.1, 0.15) is 86.9 Å². The quantitative estimate of drug-likeness (QED) is 0.247. The van der Waals surface area contributed by atoms with Crippen LogP contribution in [0.15, 0.2) is 40.9 Å². The van der Waals surface area contributed by atoms with Crippen molar-refractivity contribution in [1.82, 2.24) is 14.9 Å². The van der Waals surface area contributed by atoms with Gasteiger partial charge in [-0.1, -0.05) is 40.5 Å². The second-order valence-corrected chi connectivity index (χ2v) is 11.8. The summed E-state index contributed by atoms with van der Waals surface area (Å²) in [5.74, 6) is 1.22. The van der Waals surface area contributed by atoms with Crippen molar-refractivity contribution in [2.45, 2.75) is 82.6 Å². The van der Waals surface area contributed by atoms with Crippen LogP contribution in [0.5, 0.6) is 0 Å². The fraction of sp³-hybridized carbons (Fsp3) is 0.433. The summed E-state index contributed by atoms with van der Waals surface area (Å²) >= 11 is 13.0. The fourth-order valence-corrected chi connectivity index (χ4v) is 6.25. The summed E-state index contributed by atoms with van der Waals surface area (Å²) in [5.41, 5.74) is 3.40. The molecule has 9 heteroatoms. The summed E-state index contributed by atoms with van der Waals surface area (Å²) in [5, 5.41) is 31.8. The molecule has 0 unspecified atom stereocenters. The highest BCUT2D eigenvalue weighted by Crippen LogP contribution is 2.47. The summed E-state index contributed by atoms with van der Waals surface area (Å²) in [4.78, 5) is 0. The average Bonchev–Trinajstić information content (AvgIpc) is 3.57. The van der Waals surface area contributed by atoms with E-state index in [1.807, 2.05) is 42.8 Å². The first-order valence-electron chi connectivity index (χ1n) is 13.5. The van der Waals surface area contributed by atoms with E-state index >= 15 is 0 Å². The standard InChI is InChI=1S/C30H30Cl2N4O3/c1-17(2)36-26-14-19(8-9-21(26)25(15-33)34-36)30(37)12-10-20(11-13-30)38-16-22-28(35-39-29(22)18-6-7-18)27-23(31)4-3-5-24(27)32/h3-5,8-9,14,17-18,20,37H,6-7,10-13,16H2,1-2H3. The molecule has 6 rings (SSSR count). The first-order chi connectivity index (χ1) is 18.8. The molecule has 0 spiro atoms. The summed E-state index contributed by atoms with van der Waals surface area (Å²) < 4.78 is 14.0. The summed E-state index contributed by atoms with van der Waals surface area (Å²) in [6.07, 6.45) is 4.73. The van der Waals surface area contributed by atoms with Gasteiger partial charge in [0.1, 0.15) is 17.5 Å². The number of nitrogens with zero attached hydrogens (tertiary/aromatic N) is 4. The highest BCUT2D eigenvalue weighted by Gasteiger charge is 2.37. The number of fused-ring (bicyclic) bond motifs is 1. The van der Waals surface area contributed by atoms with Crippen LogP contribution in [0.4, 0.5) is 0 Å². The lowest BCUT2D eigenvalue weighted by molar-refractivity contribution is -0.0640. The highest BCUT2D eigenvalue weighted by molar-refractivity contribution is 6.39. The number of hydrogen-bond acceptors (Lipinski definition) is 6. The monoisotopic (exact) mass is 564 g/mol. The number of aromatic nitrogens is 3. The molecule has 0 aliphatic heterocycles. The molecule has 2 aliphatic rings. The predicted octanol–water partition coefficient (Wildman–Crippen LogP) is 7.68. The van der Waals surface area contributed by atoms with Gasteiger partial charge < -0.3 is 14.4 Å². The van der Waals surface area contributed by atoms with Crippen LogP contribution >= 0.6 is 23.2 Å². The van der Waals surface area contributed by atoms with Crippen LogP contribution in [-0.4, -0.2) is 26.1 Å². The minimum absolute atomic E-state index is 0.00286. The van der Waals surface area contributed by atoms with Crippen molar-refractivity contribution >= 4 is 34.1 Å². The number of hydrogen-bond donors (Lipinski definition) is 1. The van der Waals surface area contributed by atoms with E-state index in [1.165, 1.54) is 0 Å². The molecule has 0 atom stereocenters. The summed E-state index contributed by atoms with van der Waals surface area (Å²) in [6.45, 7) is 4.42. The summed E-state index contributed by atoms with van der Waals surface area (Å²) in [6, 6.07) is 13.5. The first-order valence-corrected chi connectivity index (χ1v) is 14.2. The largest absolute Gasteiger partial charge is 0.385 e. The molecule has 2 aliphatic carbocycles. The third-order valence-corrected chi connectivity index (χ3v) is 8.66. The van der Waals surface area contributed by atoms with Gasteiger partial charge in [-0.05, 0) is 82.2 Å². The Bertz CT molecular complexity index is 1550. The average molecular weight is 566 g/mol. The van der Waals surface area contributed by atoms with Gasteiger partial charge in [-0.25, -0.2) is 0 Å². The minimum atomic E-state index is -0.959. The molecule has 2 heterocycles. The van der Waals surface area contributed by atoms with Crippen LogP contribution in [0.3, 0.4) is 0 Å². The number of benzene rings is 2. The van der Waals surface area contributed by atoms with Crippen molar-refractivity contribution < 1.29 is 14.4 Å². The molecule has 0 amide bonds. The summed E-state index contributed by atoms with van der Waals surface area (Å²) in [7, 11) is 0. The Morgan fingerprint density at radius 1 is 1.15 bits per heavy atom. The van der Waals surface area contributed by atoms with Crippen LogP contribution in [-0.2, 0) is 16.9 Å². The molecular weight excluding hydrogens is 535 g/mol. The third kappa shape index (κ3) is 4.85. The van der Waals surface area contributed by atoms with Crippen molar-refractivity contribution in [3.63, 3.8) is 0 Å². The zero-order chi connectivity index (χ0) is 27.3.